The SMILES string of the molecule is CCCCN(C)C(=O)OCc1c(-c2ccc(O[C@H]3CCC[C@H](C(=O)O)C3)c(C)n2)nnn1C.CCCCN(C)C(=O)OCc1c(-c2ccc(O[C@H]3CCC[C@H](C(=O)O)C3)cn2)nnn1C.CN(CC1CCC1)C(=O)OCc1c(-c2ccc(O[C@H]3CCC[C@](F)(C(=O)O)C3)cn2)nnn1C.Cc1nc(-c2nnn(C)c2COC(=O)N(C)Cc2ccccc2)ccc1O[C@H]1CCC[C@H](C(=O)O)C1. The first kappa shape index (κ1) is 102. The zero-order valence-corrected chi connectivity index (χ0v) is 78.8. The van der Waals surface area contributed by atoms with Crippen molar-refractivity contribution >= 4 is 48.3 Å². The number of pyridine rings is 4. The largest absolute Gasteiger partial charge is 0.489 e. The van der Waals surface area contributed by atoms with Crippen molar-refractivity contribution in [2.45, 2.75) is 238 Å². The zero-order chi connectivity index (χ0) is 97.0. The topological polar surface area (TPSA) is 479 Å². The Morgan fingerprint density at radius 3 is 1.14 bits per heavy atom. The van der Waals surface area contributed by atoms with E-state index in [1.807, 2.05) is 56.3 Å². The van der Waals surface area contributed by atoms with Crippen LogP contribution in [0.4, 0.5) is 23.6 Å². The van der Waals surface area contributed by atoms with E-state index in [4.69, 9.17) is 43.0 Å². The molecule has 41 heteroatoms. The summed E-state index contributed by atoms with van der Waals surface area (Å²) in [7, 11) is 13.8. The van der Waals surface area contributed by atoms with Crippen LogP contribution in [0.3, 0.4) is 0 Å². The molecule has 5 saturated carbocycles. The van der Waals surface area contributed by atoms with Crippen molar-refractivity contribution in [3.8, 4) is 68.5 Å². The van der Waals surface area contributed by atoms with Gasteiger partial charge in [-0.3, -0.25) is 24.4 Å². The van der Waals surface area contributed by atoms with Crippen LogP contribution in [0.25, 0.3) is 45.6 Å². The van der Waals surface area contributed by atoms with Crippen molar-refractivity contribution < 1.29 is 101 Å². The average molecular weight is 1870 g/mol. The molecule has 0 radical (unpaired) electrons. The van der Waals surface area contributed by atoms with Crippen LogP contribution in [-0.2, 0) is 99.3 Å². The summed E-state index contributed by atoms with van der Waals surface area (Å²) in [6.07, 6.45) is 17.2. The number of aryl methyl sites for hydroxylation is 6. The summed E-state index contributed by atoms with van der Waals surface area (Å²) in [6, 6.07) is 23.8. The molecule has 135 heavy (non-hydrogen) atoms. The number of amides is 4. The van der Waals surface area contributed by atoms with E-state index in [1.54, 1.807) is 128 Å². The van der Waals surface area contributed by atoms with Crippen molar-refractivity contribution in [1.29, 1.82) is 0 Å². The molecule has 14 rings (SSSR count). The van der Waals surface area contributed by atoms with Gasteiger partial charge in [-0.25, -0.2) is 57.1 Å². The second-order valence-electron chi connectivity index (χ2n) is 35.1. The molecule has 5 aliphatic rings. The van der Waals surface area contributed by atoms with Crippen LogP contribution in [0.15, 0.2) is 91.3 Å². The third-order valence-corrected chi connectivity index (χ3v) is 24.7. The highest BCUT2D eigenvalue weighted by Gasteiger charge is 2.45. The molecule has 1 aromatic carbocycles. The molecule has 728 valence electrons. The third-order valence-electron chi connectivity index (χ3n) is 24.7. The Labute approximate surface area is 782 Å². The van der Waals surface area contributed by atoms with Gasteiger partial charge in [0.15, 0.2) is 0 Å². The molecule has 0 unspecified atom stereocenters. The molecule has 40 nitrogen and oxygen atoms in total. The number of carbonyl (C=O) groups is 8. The van der Waals surface area contributed by atoms with Crippen molar-refractivity contribution in [1.82, 2.24) is 99.5 Å². The molecule has 0 bridgehead atoms. The van der Waals surface area contributed by atoms with Gasteiger partial charge in [0.05, 0.1) is 82.6 Å². The van der Waals surface area contributed by atoms with Gasteiger partial charge in [0.25, 0.3) is 0 Å². The number of aliphatic carboxylic acids is 4. The Kier molecular flexibility index (Phi) is 37.0. The normalized spacial score (nSPS) is 19.1. The molecule has 5 fully saturated rings. The van der Waals surface area contributed by atoms with Gasteiger partial charge in [0.2, 0.25) is 5.67 Å². The fourth-order valence-corrected chi connectivity index (χ4v) is 16.4. The number of ether oxygens (including phenoxy) is 8. The number of benzene rings is 1. The summed E-state index contributed by atoms with van der Waals surface area (Å²) in [5.41, 5.74) is 6.97. The van der Waals surface area contributed by atoms with Crippen LogP contribution >= 0.6 is 0 Å². The zero-order valence-electron chi connectivity index (χ0n) is 78.8. The van der Waals surface area contributed by atoms with Crippen molar-refractivity contribution in [2.24, 2.45) is 51.9 Å². The van der Waals surface area contributed by atoms with E-state index in [2.05, 4.69) is 75.0 Å². The van der Waals surface area contributed by atoms with Gasteiger partial charge < -0.3 is 77.9 Å². The van der Waals surface area contributed by atoms with Gasteiger partial charge in [-0.2, -0.15) is 0 Å². The van der Waals surface area contributed by atoms with Crippen molar-refractivity contribution in [3.63, 3.8) is 0 Å². The number of aromatic nitrogens is 16. The summed E-state index contributed by atoms with van der Waals surface area (Å²) in [4.78, 5) is 119. The van der Waals surface area contributed by atoms with Crippen LogP contribution in [-0.4, -0.2) is 246 Å². The second-order valence-corrected chi connectivity index (χ2v) is 35.1. The number of carbonyl (C=O) groups excluding carboxylic acids is 4. The number of halogens is 1. The molecule has 8 atom stereocenters. The Balaban J connectivity index is 0.000000173. The molecule has 0 saturated heterocycles. The Morgan fingerprint density at radius 1 is 0.430 bits per heavy atom. The third kappa shape index (κ3) is 28.8. The summed E-state index contributed by atoms with van der Waals surface area (Å²) in [5.74, 6) is -2.02. The fraction of sp³-hybridized carbons (Fsp3) is 0.553. The molecule has 4 N–H and O–H groups in total. The minimum Gasteiger partial charge on any atom is -0.489 e. The van der Waals surface area contributed by atoms with E-state index >= 15 is 0 Å². The van der Waals surface area contributed by atoms with Crippen LogP contribution in [0.2, 0.25) is 0 Å². The maximum Gasteiger partial charge on any atom is 0.410 e. The molecule has 0 spiro atoms. The summed E-state index contributed by atoms with van der Waals surface area (Å²) < 4.78 is 66.6. The van der Waals surface area contributed by atoms with Gasteiger partial charge in [0, 0.05) is 89.0 Å². The predicted octanol–water partition coefficient (Wildman–Crippen LogP) is 14.2. The van der Waals surface area contributed by atoms with E-state index in [0.717, 1.165) is 82.6 Å². The van der Waals surface area contributed by atoms with Crippen LogP contribution in [0.5, 0.6) is 23.0 Å². The average Bonchev–Trinajstić information content (AvgIpc) is 1.68. The first-order chi connectivity index (χ1) is 64.7. The first-order valence-corrected chi connectivity index (χ1v) is 46.0. The van der Waals surface area contributed by atoms with Crippen LogP contribution in [0, 0.1) is 37.5 Å². The maximum absolute atomic E-state index is 14.5. The number of carboxylic acids is 4. The molecule has 9 aromatic rings. The lowest BCUT2D eigenvalue weighted by Crippen LogP contribution is -2.42. The van der Waals surface area contributed by atoms with Crippen molar-refractivity contribution in [2.75, 3.05) is 47.8 Å². The lowest BCUT2D eigenvalue weighted by atomic mass is 9.84. The van der Waals surface area contributed by atoms with Gasteiger partial charge in [-0.15, -0.1) is 20.4 Å². The Hall–Kier alpha value is -13.5. The van der Waals surface area contributed by atoms with Gasteiger partial charge in [-0.1, -0.05) is 84.3 Å². The molecular formula is C94H125FN20O20. The van der Waals surface area contributed by atoms with E-state index in [0.29, 0.717) is 186 Å². The van der Waals surface area contributed by atoms with Gasteiger partial charge >= 0.3 is 48.3 Å². The Bertz CT molecular complexity index is 5440. The highest BCUT2D eigenvalue weighted by Crippen LogP contribution is 2.38. The second kappa shape index (κ2) is 48.9. The predicted molar refractivity (Wildman–Crippen MR) is 486 cm³/mol. The lowest BCUT2D eigenvalue weighted by Gasteiger charge is -2.31. The van der Waals surface area contributed by atoms with Gasteiger partial charge in [0.1, 0.15) is 101 Å². The number of carboxylic acid groups (broad SMARTS) is 4. The number of rotatable bonds is 34. The first-order valence-electron chi connectivity index (χ1n) is 46.0. The Morgan fingerprint density at radius 2 is 0.785 bits per heavy atom. The minimum atomic E-state index is -2.26. The number of nitrogens with zero attached hydrogens (tertiary/aromatic N) is 20. The van der Waals surface area contributed by atoms with E-state index < -0.39 is 60.0 Å². The van der Waals surface area contributed by atoms with Crippen LogP contribution in [0.1, 0.15) is 201 Å². The number of hydrogen-bond acceptors (Lipinski definition) is 28. The molecule has 5 aliphatic carbocycles. The monoisotopic (exact) mass is 1870 g/mol. The molecule has 4 amide bonds. The quantitative estimate of drug-likeness (QED) is 0.0272. The number of hydrogen-bond donors (Lipinski definition) is 4. The molecule has 8 heterocycles. The number of alkyl halides is 1. The van der Waals surface area contributed by atoms with Crippen molar-refractivity contribution in [3.05, 3.63) is 131 Å². The van der Waals surface area contributed by atoms with E-state index in [9.17, 15) is 58.1 Å². The standard InChI is InChI=1S/C26H31N5O5.C23H30FN5O5.C23H33N5O5.C22H31N5O5/c1-17-23(36-20-11-7-10-19(14-20)25(32)33)13-12-21(27-17)24-22(31(3)29-28-24)16-35-26(34)30(2)15-18-8-5-4-6-9-18;1-28(13-15-5-3-6-15)22(32)33-14-19-20(26-27-29(19)2)18-9-8-17(12-25-18)34-16-7-4-10-23(24,11-16)21(30)31;1-5-6-12-27(3)23(31)32-14-19-21(25-26-28(19)4)18-10-11-20(15(2)24-18)33-17-9-7-8-16(13-17)22(29)30;1-4-5-11-26(2)22(30)31-14-19-20(24-25-27(19)3)18-10-9-17(13-23-18)32-16-8-6-7-15(12-16)21(28)29/h4-6,8-9,12-13,19-20H,7,10-11,14-16H2,1-3H3,(H,32,33);8-9,12,15-16H,3-7,10-11,13-14H2,1-2H3,(H,30,31);10-11,16-17H,5-9,12-14H2,1-4H3,(H,29,30);9-10,13,15-16H,4-8,11-12,14H2,1-3H3,(H,28,29)/t19-,20-;16-,23+;16-,17-;15-,16-/m0000/s1. The summed E-state index contributed by atoms with van der Waals surface area (Å²) in [6.45, 7) is 10.3. The highest BCUT2D eigenvalue weighted by molar-refractivity contribution is 5.78. The van der Waals surface area contributed by atoms with Crippen LogP contribution < -0.4 is 18.9 Å². The smallest absolute Gasteiger partial charge is 0.410 e. The highest BCUT2D eigenvalue weighted by atomic mass is 19.1. The van der Waals surface area contributed by atoms with E-state index in [-0.39, 0.29) is 75.3 Å². The summed E-state index contributed by atoms with van der Waals surface area (Å²) >= 11 is 0. The molecule has 8 aromatic heterocycles. The van der Waals surface area contributed by atoms with Gasteiger partial charge in [-0.05, 0) is 196 Å². The summed E-state index contributed by atoms with van der Waals surface area (Å²) in [5, 5.41) is 70.0. The minimum absolute atomic E-state index is 0.00243. The van der Waals surface area contributed by atoms with E-state index in [1.165, 1.54) is 22.2 Å². The molecule has 0 aliphatic heterocycles. The number of unbranched alkanes of at least 4 members (excludes halogenated alkanes) is 2. The lowest BCUT2D eigenvalue weighted by molar-refractivity contribution is -0.155. The molecular weight excluding hydrogens is 1750 g/mol. The fourth-order valence-electron chi connectivity index (χ4n) is 16.4. The maximum atomic E-state index is 14.5.